The molecule has 6 nitrogen and oxygen atoms in total. The largest absolute Gasteiger partial charge is 0.460 e. The molecule has 19 heavy (non-hydrogen) atoms. The molecule has 1 heterocycles. The highest BCUT2D eigenvalue weighted by Crippen LogP contribution is 2.26. The number of hydrogen-bond acceptors (Lipinski definition) is 5. The summed E-state index contributed by atoms with van der Waals surface area (Å²) in [5.41, 5.74) is -0.686. The first kappa shape index (κ1) is 15.5. The van der Waals surface area contributed by atoms with Crippen LogP contribution >= 0.6 is 0 Å². The van der Waals surface area contributed by atoms with E-state index in [4.69, 9.17) is 9.47 Å². The SMILES string of the molecule is C=CCOC(=O)C1CCC(O)N1C(=O)OC(C)(C)C. The van der Waals surface area contributed by atoms with Crippen LogP contribution in [0.15, 0.2) is 12.7 Å². The minimum Gasteiger partial charge on any atom is -0.460 e. The Balaban J connectivity index is 2.74. The molecule has 1 saturated heterocycles. The highest BCUT2D eigenvalue weighted by atomic mass is 16.6. The van der Waals surface area contributed by atoms with Crippen molar-refractivity contribution in [3.8, 4) is 0 Å². The van der Waals surface area contributed by atoms with Crippen molar-refractivity contribution >= 4 is 12.1 Å². The Labute approximate surface area is 113 Å². The first-order chi connectivity index (χ1) is 8.76. The summed E-state index contributed by atoms with van der Waals surface area (Å²) in [6, 6.07) is -0.801. The molecule has 1 aliphatic rings. The van der Waals surface area contributed by atoms with Crippen LogP contribution in [0.4, 0.5) is 4.79 Å². The summed E-state index contributed by atoms with van der Waals surface area (Å²) in [6.07, 6.45) is 0.402. The van der Waals surface area contributed by atoms with Gasteiger partial charge in [0.1, 0.15) is 24.5 Å². The standard InChI is InChI=1S/C13H21NO5/c1-5-8-18-11(16)9-6-7-10(15)14(9)12(17)19-13(2,3)4/h5,9-10,15H,1,6-8H2,2-4H3. The van der Waals surface area contributed by atoms with E-state index in [0.717, 1.165) is 4.90 Å². The summed E-state index contributed by atoms with van der Waals surface area (Å²) in [7, 11) is 0. The fourth-order valence-corrected chi connectivity index (χ4v) is 1.83. The quantitative estimate of drug-likeness (QED) is 0.621. The lowest BCUT2D eigenvalue weighted by molar-refractivity contribution is -0.149. The Kier molecular flexibility index (Phi) is 4.94. The number of carbonyl (C=O) groups excluding carboxylic acids is 2. The molecular formula is C13H21NO5. The topological polar surface area (TPSA) is 76.1 Å². The zero-order valence-electron chi connectivity index (χ0n) is 11.6. The van der Waals surface area contributed by atoms with Gasteiger partial charge < -0.3 is 14.6 Å². The monoisotopic (exact) mass is 271 g/mol. The second-order valence-electron chi connectivity index (χ2n) is 5.38. The highest BCUT2D eigenvalue weighted by Gasteiger charge is 2.43. The molecule has 0 aliphatic carbocycles. The first-order valence-corrected chi connectivity index (χ1v) is 6.23. The molecule has 0 radical (unpaired) electrons. The van der Waals surface area contributed by atoms with Crippen LogP contribution in [0.5, 0.6) is 0 Å². The van der Waals surface area contributed by atoms with E-state index >= 15 is 0 Å². The molecule has 1 amide bonds. The Morgan fingerprint density at radius 3 is 2.58 bits per heavy atom. The van der Waals surface area contributed by atoms with Crippen LogP contribution in [0.2, 0.25) is 0 Å². The molecule has 0 aromatic rings. The van der Waals surface area contributed by atoms with Gasteiger partial charge in [-0.3, -0.25) is 4.90 Å². The summed E-state index contributed by atoms with van der Waals surface area (Å²) in [4.78, 5) is 24.8. The third-order valence-corrected chi connectivity index (χ3v) is 2.58. The van der Waals surface area contributed by atoms with Gasteiger partial charge in [0, 0.05) is 0 Å². The van der Waals surface area contributed by atoms with Crippen molar-refractivity contribution < 1.29 is 24.2 Å². The van der Waals surface area contributed by atoms with Crippen molar-refractivity contribution in [3.05, 3.63) is 12.7 Å². The summed E-state index contributed by atoms with van der Waals surface area (Å²) in [6.45, 7) is 8.68. The summed E-state index contributed by atoms with van der Waals surface area (Å²) >= 11 is 0. The summed E-state index contributed by atoms with van der Waals surface area (Å²) in [5, 5.41) is 9.80. The van der Waals surface area contributed by atoms with Gasteiger partial charge in [0.05, 0.1) is 0 Å². The predicted molar refractivity (Wildman–Crippen MR) is 68.3 cm³/mol. The van der Waals surface area contributed by atoms with Gasteiger partial charge in [-0.15, -0.1) is 0 Å². The molecule has 6 heteroatoms. The van der Waals surface area contributed by atoms with E-state index in [0.29, 0.717) is 12.8 Å². The van der Waals surface area contributed by atoms with Crippen LogP contribution in [0.3, 0.4) is 0 Å². The number of amides is 1. The smallest absolute Gasteiger partial charge is 0.413 e. The zero-order valence-corrected chi connectivity index (χ0v) is 11.6. The van der Waals surface area contributed by atoms with Crippen LogP contribution in [0, 0.1) is 0 Å². The van der Waals surface area contributed by atoms with Gasteiger partial charge in [-0.25, -0.2) is 9.59 Å². The normalized spacial score (nSPS) is 23.1. The van der Waals surface area contributed by atoms with Gasteiger partial charge in [-0.2, -0.15) is 0 Å². The van der Waals surface area contributed by atoms with Crippen molar-refractivity contribution in [2.75, 3.05) is 6.61 Å². The molecule has 0 aromatic carbocycles. The fourth-order valence-electron chi connectivity index (χ4n) is 1.83. The van der Waals surface area contributed by atoms with Crippen LogP contribution in [-0.4, -0.2) is 46.5 Å². The lowest BCUT2D eigenvalue weighted by Crippen LogP contribution is -2.47. The van der Waals surface area contributed by atoms with E-state index in [1.165, 1.54) is 6.08 Å². The third-order valence-electron chi connectivity index (χ3n) is 2.58. The molecule has 1 fully saturated rings. The maximum absolute atomic E-state index is 12.0. The Morgan fingerprint density at radius 1 is 1.42 bits per heavy atom. The van der Waals surface area contributed by atoms with Crippen molar-refractivity contribution in [1.29, 1.82) is 0 Å². The van der Waals surface area contributed by atoms with Crippen LogP contribution < -0.4 is 0 Å². The number of aliphatic hydroxyl groups excluding tert-OH is 1. The van der Waals surface area contributed by atoms with Crippen molar-refractivity contribution in [1.82, 2.24) is 4.90 Å². The number of esters is 1. The maximum atomic E-state index is 12.0. The Bertz CT molecular complexity index is 361. The first-order valence-electron chi connectivity index (χ1n) is 6.23. The number of carbonyl (C=O) groups is 2. The second kappa shape index (κ2) is 6.06. The molecule has 108 valence electrons. The van der Waals surface area contributed by atoms with E-state index in [2.05, 4.69) is 6.58 Å². The average molecular weight is 271 g/mol. The summed E-state index contributed by atoms with van der Waals surface area (Å²) < 4.78 is 10.1. The van der Waals surface area contributed by atoms with E-state index in [-0.39, 0.29) is 6.61 Å². The van der Waals surface area contributed by atoms with Crippen molar-refractivity contribution in [2.24, 2.45) is 0 Å². The number of hydrogen-bond donors (Lipinski definition) is 1. The molecule has 0 saturated carbocycles. The van der Waals surface area contributed by atoms with Crippen molar-refractivity contribution in [2.45, 2.75) is 51.5 Å². The molecule has 0 aromatic heterocycles. The summed E-state index contributed by atoms with van der Waals surface area (Å²) in [5.74, 6) is -0.553. The lowest BCUT2D eigenvalue weighted by atomic mass is 10.2. The Hall–Kier alpha value is -1.56. The zero-order chi connectivity index (χ0) is 14.6. The van der Waals surface area contributed by atoms with Gasteiger partial charge >= 0.3 is 12.1 Å². The van der Waals surface area contributed by atoms with Crippen molar-refractivity contribution in [3.63, 3.8) is 0 Å². The van der Waals surface area contributed by atoms with Crippen LogP contribution in [0.1, 0.15) is 33.6 Å². The lowest BCUT2D eigenvalue weighted by Gasteiger charge is -2.29. The number of nitrogens with zero attached hydrogens (tertiary/aromatic N) is 1. The predicted octanol–water partition coefficient (Wildman–Crippen LogP) is 1.43. The Morgan fingerprint density at radius 2 is 2.05 bits per heavy atom. The number of rotatable bonds is 3. The van der Waals surface area contributed by atoms with Crippen LogP contribution in [-0.2, 0) is 14.3 Å². The van der Waals surface area contributed by atoms with Gasteiger partial charge in [0.15, 0.2) is 0 Å². The molecule has 2 atom stereocenters. The van der Waals surface area contributed by atoms with Gasteiger partial charge in [0.25, 0.3) is 0 Å². The molecule has 0 spiro atoms. The molecule has 1 rings (SSSR count). The number of aliphatic hydroxyl groups is 1. The number of ether oxygens (including phenoxy) is 2. The van der Waals surface area contributed by atoms with E-state index in [9.17, 15) is 14.7 Å². The highest BCUT2D eigenvalue weighted by molar-refractivity contribution is 5.82. The van der Waals surface area contributed by atoms with Gasteiger partial charge in [-0.05, 0) is 33.6 Å². The van der Waals surface area contributed by atoms with Crippen LogP contribution in [0.25, 0.3) is 0 Å². The van der Waals surface area contributed by atoms with Gasteiger partial charge in [-0.1, -0.05) is 12.7 Å². The minimum atomic E-state index is -1.02. The van der Waals surface area contributed by atoms with E-state index < -0.39 is 29.9 Å². The average Bonchev–Trinajstić information content (AvgIpc) is 2.65. The van der Waals surface area contributed by atoms with E-state index in [1.54, 1.807) is 20.8 Å². The number of likely N-dealkylation sites (tertiary alicyclic amines) is 1. The van der Waals surface area contributed by atoms with E-state index in [1.807, 2.05) is 0 Å². The molecule has 1 N–H and O–H groups in total. The molecule has 2 unspecified atom stereocenters. The molecule has 0 bridgehead atoms. The van der Waals surface area contributed by atoms with Gasteiger partial charge in [0.2, 0.25) is 0 Å². The molecule has 1 aliphatic heterocycles. The molecular weight excluding hydrogens is 250 g/mol. The third kappa shape index (κ3) is 4.24. The maximum Gasteiger partial charge on any atom is 0.413 e. The minimum absolute atomic E-state index is 0.0770. The fraction of sp³-hybridized carbons (Fsp3) is 0.692. The second-order valence-corrected chi connectivity index (χ2v) is 5.38.